The lowest BCUT2D eigenvalue weighted by Crippen LogP contribution is -2.17. The summed E-state index contributed by atoms with van der Waals surface area (Å²) in [4.78, 5) is 0. The van der Waals surface area contributed by atoms with E-state index in [-0.39, 0.29) is 5.75 Å². The Bertz CT molecular complexity index is 816. The first-order valence-corrected chi connectivity index (χ1v) is 6.08. The van der Waals surface area contributed by atoms with Crippen molar-refractivity contribution in [3.05, 3.63) is 36.5 Å². The number of hydrogen-bond donors (Lipinski definition) is 0. The van der Waals surface area contributed by atoms with Gasteiger partial charge in [0.25, 0.3) is 0 Å². The Balaban J connectivity index is 2.08. The molecule has 2 heterocycles. The Morgan fingerprint density at radius 3 is 2.68 bits per heavy atom. The van der Waals surface area contributed by atoms with Gasteiger partial charge in [-0.15, -0.1) is 18.3 Å². The standard InChI is InChI=1S/C13H9F3N4O2/c1-21-11-4-3-9(22-13(14,15)16)6-10(11)8-2-5-12-17-18-19-20(12)7-8/h2-7H,1H3. The summed E-state index contributed by atoms with van der Waals surface area (Å²) in [5.74, 6) is 0.0714. The maximum Gasteiger partial charge on any atom is 0.573 e. The van der Waals surface area contributed by atoms with Crippen LogP contribution in [0.25, 0.3) is 16.8 Å². The van der Waals surface area contributed by atoms with Gasteiger partial charge < -0.3 is 9.47 Å². The van der Waals surface area contributed by atoms with E-state index in [1.807, 2.05) is 0 Å². The molecular formula is C13H9F3N4O2. The number of alkyl halides is 3. The van der Waals surface area contributed by atoms with E-state index < -0.39 is 6.36 Å². The number of benzene rings is 1. The number of rotatable bonds is 3. The Kier molecular flexibility index (Phi) is 3.32. The second-order valence-electron chi connectivity index (χ2n) is 4.31. The van der Waals surface area contributed by atoms with Crippen LogP contribution in [-0.2, 0) is 0 Å². The first-order chi connectivity index (χ1) is 10.5. The summed E-state index contributed by atoms with van der Waals surface area (Å²) in [6.07, 6.45) is -3.17. The molecule has 6 nitrogen and oxygen atoms in total. The predicted octanol–water partition coefficient (Wildman–Crippen LogP) is 2.70. The Hall–Kier alpha value is -2.84. The zero-order valence-corrected chi connectivity index (χ0v) is 11.2. The monoisotopic (exact) mass is 310 g/mol. The van der Waals surface area contributed by atoms with Gasteiger partial charge in [0, 0.05) is 17.3 Å². The van der Waals surface area contributed by atoms with Crippen molar-refractivity contribution in [1.29, 1.82) is 0 Å². The van der Waals surface area contributed by atoms with Gasteiger partial charge in [0.15, 0.2) is 5.65 Å². The lowest BCUT2D eigenvalue weighted by Gasteiger charge is -2.13. The fourth-order valence-electron chi connectivity index (χ4n) is 2.01. The molecular weight excluding hydrogens is 301 g/mol. The van der Waals surface area contributed by atoms with Crippen molar-refractivity contribution in [1.82, 2.24) is 20.0 Å². The van der Waals surface area contributed by atoms with Crippen molar-refractivity contribution in [2.24, 2.45) is 0 Å². The zero-order chi connectivity index (χ0) is 15.7. The second-order valence-corrected chi connectivity index (χ2v) is 4.31. The largest absolute Gasteiger partial charge is 0.573 e. The fraction of sp³-hybridized carbons (Fsp3) is 0.154. The van der Waals surface area contributed by atoms with E-state index in [9.17, 15) is 13.2 Å². The number of hydrogen-bond acceptors (Lipinski definition) is 5. The lowest BCUT2D eigenvalue weighted by molar-refractivity contribution is -0.274. The summed E-state index contributed by atoms with van der Waals surface area (Å²) in [6, 6.07) is 7.16. The number of pyridine rings is 1. The van der Waals surface area contributed by atoms with Crippen LogP contribution in [-0.4, -0.2) is 33.5 Å². The van der Waals surface area contributed by atoms with Crippen molar-refractivity contribution in [3.8, 4) is 22.6 Å². The maximum atomic E-state index is 12.3. The van der Waals surface area contributed by atoms with Crippen molar-refractivity contribution < 1.29 is 22.6 Å². The minimum absolute atomic E-state index is 0.333. The van der Waals surface area contributed by atoms with E-state index in [1.165, 1.54) is 29.8 Å². The van der Waals surface area contributed by atoms with Gasteiger partial charge in [-0.1, -0.05) is 0 Å². The summed E-state index contributed by atoms with van der Waals surface area (Å²) in [5.41, 5.74) is 1.54. The molecule has 0 unspecified atom stereocenters. The summed E-state index contributed by atoms with van der Waals surface area (Å²) in [6.45, 7) is 0. The minimum atomic E-state index is -4.76. The smallest absolute Gasteiger partial charge is 0.496 e. The Morgan fingerprint density at radius 2 is 1.95 bits per heavy atom. The number of ether oxygens (including phenoxy) is 2. The maximum absolute atomic E-state index is 12.3. The van der Waals surface area contributed by atoms with Crippen LogP contribution in [0.4, 0.5) is 13.2 Å². The third kappa shape index (κ3) is 2.78. The quantitative estimate of drug-likeness (QED) is 0.744. The molecule has 0 aliphatic heterocycles. The average Bonchev–Trinajstić information content (AvgIpc) is 2.92. The molecule has 0 bridgehead atoms. The van der Waals surface area contributed by atoms with Crippen LogP contribution >= 0.6 is 0 Å². The molecule has 0 spiro atoms. The highest BCUT2D eigenvalue weighted by molar-refractivity contribution is 5.72. The van der Waals surface area contributed by atoms with Crippen molar-refractivity contribution in [2.45, 2.75) is 6.36 Å². The summed E-state index contributed by atoms with van der Waals surface area (Å²) in [5, 5.41) is 11.0. The average molecular weight is 310 g/mol. The van der Waals surface area contributed by atoms with Gasteiger partial charge in [-0.25, -0.2) is 4.52 Å². The topological polar surface area (TPSA) is 61.5 Å². The molecule has 114 valence electrons. The molecule has 2 aromatic heterocycles. The summed E-state index contributed by atoms with van der Waals surface area (Å²) < 4.78 is 47.5. The van der Waals surface area contributed by atoms with Crippen LogP contribution in [0.5, 0.6) is 11.5 Å². The molecule has 0 aliphatic carbocycles. The normalized spacial score (nSPS) is 11.6. The van der Waals surface area contributed by atoms with E-state index in [4.69, 9.17) is 4.74 Å². The molecule has 9 heteroatoms. The summed E-state index contributed by atoms with van der Waals surface area (Å²) in [7, 11) is 1.43. The first kappa shape index (κ1) is 14.1. The number of tetrazole rings is 1. The molecule has 0 aliphatic rings. The molecule has 0 fully saturated rings. The molecule has 22 heavy (non-hydrogen) atoms. The Labute approximate surface area is 122 Å². The van der Waals surface area contributed by atoms with Crippen LogP contribution in [0.2, 0.25) is 0 Å². The fourth-order valence-corrected chi connectivity index (χ4v) is 2.01. The molecule has 3 rings (SSSR count). The zero-order valence-electron chi connectivity index (χ0n) is 11.2. The molecule has 0 saturated carbocycles. The molecule has 0 radical (unpaired) electrons. The van der Waals surface area contributed by atoms with Crippen molar-refractivity contribution in [3.63, 3.8) is 0 Å². The van der Waals surface area contributed by atoms with Gasteiger partial charge in [-0.2, -0.15) is 0 Å². The van der Waals surface area contributed by atoms with Crippen LogP contribution < -0.4 is 9.47 Å². The van der Waals surface area contributed by atoms with E-state index in [0.717, 1.165) is 0 Å². The molecule has 0 saturated heterocycles. The third-order valence-corrected chi connectivity index (χ3v) is 2.91. The number of aromatic nitrogens is 4. The van der Waals surface area contributed by atoms with Gasteiger partial charge in [-0.3, -0.25) is 0 Å². The Morgan fingerprint density at radius 1 is 1.14 bits per heavy atom. The van der Waals surface area contributed by atoms with Gasteiger partial charge >= 0.3 is 6.36 Å². The first-order valence-electron chi connectivity index (χ1n) is 6.08. The van der Waals surface area contributed by atoms with E-state index >= 15 is 0 Å². The van der Waals surface area contributed by atoms with Gasteiger partial charge in [0.05, 0.1) is 7.11 Å². The van der Waals surface area contributed by atoms with Crippen molar-refractivity contribution >= 4 is 5.65 Å². The highest BCUT2D eigenvalue weighted by Crippen LogP contribution is 2.35. The van der Waals surface area contributed by atoms with E-state index in [1.54, 1.807) is 18.3 Å². The molecule has 3 aromatic rings. The van der Waals surface area contributed by atoms with Crippen LogP contribution in [0.15, 0.2) is 36.5 Å². The highest BCUT2D eigenvalue weighted by atomic mass is 19.4. The van der Waals surface area contributed by atoms with Gasteiger partial charge in [0.2, 0.25) is 0 Å². The number of methoxy groups -OCH3 is 1. The number of halogens is 3. The summed E-state index contributed by atoms with van der Waals surface area (Å²) >= 11 is 0. The minimum Gasteiger partial charge on any atom is -0.496 e. The van der Waals surface area contributed by atoms with Gasteiger partial charge in [-0.05, 0) is 40.8 Å². The van der Waals surface area contributed by atoms with E-state index in [2.05, 4.69) is 20.3 Å². The van der Waals surface area contributed by atoms with Crippen LogP contribution in [0.1, 0.15) is 0 Å². The molecule has 0 amide bonds. The van der Waals surface area contributed by atoms with Crippen molar-refractivity contribution in [2.75, 3.05) is 7.11 Å². The van der Waals surface area contributed by atoms with E-state index in [0.29, 0.717) is 22.5 Å². The lowest BCUT2D eigenvalue weighted by atomic mass is 10.1. The van der Waals surface area contributed by atoms with Crippen LogP contribution in [0, 0.1) is 0 Å². The second kappa shape index (κ2) is 5.17. The highest BCUT2D eigenvalue weighted by Gasteiger charge is 2.31. The third-order valence-electron chi connectivity index (χ3n) is 2.91. The molecule has 0 N–H and O–H groups in total. The number of fused-ring (bicyclic) bond motifs is 1. The van der Waals surface area contributed by atoms with Crippen LogP contribution in [0.3, 0.4) is 0 Å². The number of nitrogens with zero attached hydrogens (tertiary/aromatic N) is 4. The predicted molar refractivity (Wildman–Crippen MR) is 69.5 cm³/mol. The molecule has 0 atom stereocenters. The molecule has 1 aromatic carbocycles. The van der Waals surface area contributed by atoms with Gasteiger partial charge in [0.1, 0.15) is 11.5 Å². The SMILES string of the molecule is COc1ccc(OC(F)(F)F)cc1-c1ccc2nnnn2c1.